The Morgan fingerprint density at radius 2 is 1.90 bits per heavy atom. The first kappa shape index (κ1) is 19.9. The molecule has 0 aliphatic carbocycles. The van der Waals surface area contributed by atoms with Gasteiger partial charge in [-0.25, -0.2) is 0 Å². The Kier molecular flexibility index (Phi) is 5.32. The van der Waals surface area contributed by atoms with Crippen molar-refractivity contribution in [2.75, 3.05) is 6.54 Å². The molecule has 4 rings (SSSR count). The summed E-state index contributed by atoms with van der Waals surface area (Å²) in [5, 5.41) is 14.4. The minimum Gasteiger partial charge on any atom is -0.487 e. The second-order valence-electron chi connectivity index (χ2n) is 8.66. The maximum absolute atomic E-state index is 9.55. The van der Waals surface area contributed by atoms with Gasteiger partial charge >= 0.3 is 0 Å². The van der Waals surface area contributed by atoms with E-state index in [4.69, 9.17) is 4.74 Å². The van der Waals surface area contributed by atoms with E-state index in [1.54, 1.807) is 0 Å². The number of pyridine rings is 1. The topological polar surface area (TPSA) is 54.4 Å². The molecule has 1 aliphatic heterocycles. The number of aliphatic hydroxyl groups is 1. The van der Waals surface area contributed by atoms with E-state index in [-0.39, 0.29) is 18.2 Å². The van der Waals surface area contributed by atoms with E-state index in [1.807, 2.05) is 6.07 Å². The molecule has 0 saturated heterocycles. The predicted octanol–water partition coefficient (Wildman–Crippen LogP) is 4.72. The van der Waals surface area contributed by atoms with E-state index < -0.39 is 0 Å². The van der Waals surface area contributed by atoms with Crippen LogP contribution < -0.4 is 10.1 Å². The summed E-state index contributed by atoms with van der Waals surface area (Å²) >= 11 is 0. The molecule has 0 saturated carbocycles. The van der Waals surface area contributed by atoms with E-state index in [2.05, 4.69) is 80.5 Å². The van der Waals surface area contributed by atoms with Gasteiger partial charge in [-0.05, 0) is 63.1 Å². The Morgan fingerprint density at radius 1 is 1.14 bits per heavy atom. The molecule has 2 N–H and O–H groups in total. The van der Waals surface area contributed by atoms with Gasteiger partial charge in [-0.2, -0.15) is 0 Å². The van der Waals surface area contributed by atoms with Crippen LogP contribution >= 0.6 is 0 Å². The SMILES string of the molecule is Cc1cc(CO)nc2cc3c(cc12)OC(C)(C)[C@H](C)[C@H]3NCCc1ccccc1. The summed E-state index contributed by atoms with van der Waals surface area (Å²) in [6.07, 6.45) is 0.986. The third-order valence-electron chi connectivity index (χ3n) is 6.29. The number of ether oxygens (including phenoxy) is 1. The minimum absolute atomic E-state index is 0.0491. The summed E-state index contributed by atoms with van der Waals surface area (Å²) in [5.74, 6) is 1.23. The molecule has 0 amide bonds. The number of benzene rings is 2. The second kappa shape index (κ2) is 7.77. The molecule has 0 fully saturated rings. The van der Waals surface area contributed by atoms with Crippen LogP contribution in [0, 0.1) is 12.8 Å². The first-order chi connectivity index (χ1) is 13.9. The lowest BCUT2D eigenvalue weighted by Crippen LogP contribution is -2.47. The fourth-order valence-electron chi connectivity index (χ4n) is 4.27. The summed E-state index contributed by atoms with van der Waals surface area (Å²) in [7, 11) is 0. The van der Waals surface area contributed by atoms with Gasteiger partial charge in [0.15, 0.2) is 0 Å². The maximum Gasteiger partial charge on any atom is 0.125 e. The number of aromatic nitrogens is 1. The zero-order valence-electron chi connectivity index (χ0n) is 17.7. The molecule has 0 radical (unpaired) electrons. The summed E-state index contributed by atoms with van der Waals surface area (Å²) in [6.45, 7) is 9.48. The summed E-state index contributed by atoms with van der Waals surface area (Å²) in [5.41, 5.74) is 4.95. The van der Waals surface area contributed by atoms with Crippen molar-refractivity contribution in [1.82, 2.24) is 10.3 Å². The highest BCUT2D eigenvalue weighted by Crippen LogP contribution is 2.45. The average Bonchev–Trinajstić information content (AvgIpc) is 2.70. The molecular weight excluding hydrogens is 360 g/mol. The summed E-state index contributed by atoms with van der Waals surface area (Å²) in [6, 6.07) is 17.0. The first-order valence-corrected chi connectivity index (χ1v) is 10.4. The number of hydrogen-bond donors (Lipinski definition) is 2. The number of hydrogen-bond acceptors (Lipinski definition) is 4. The second-order valence-corrected chi connectivity index (χ2v) is 8.66. The Morgan fingerprint density at radius 3 is 2.62 bits per heavy atom. The van der Waals surface area contributed by atoms with Crippen LogP contribution in [0.4, 0.5) is 0 Å². The van der Waals surface area contributed by atoms with E-state index in [0.717, 1.165) is 40.7 Å². The van der Waals surface area contributed by atoms with Crippen LogP contribution in [-0.4, -0.2) is 22.2 Å². The monoisotopic (exact) mass is 390 g/mol. The van der Waals surface area contributed by atoms with Crippen LogP contribution in [0.1, 0.15) is 49.2 Å². The lowest BCUT2D eigenvalue weighted by atomic mass is 9.79. The quantitative estimate of drug-likeness (QED) is 0.662. The van der Waals surface area contributed by atoms with Gasteiger partial charge < -0.3 is 15.2 Å². The molecule has 4 heteroatoms. The Hall–Kier alpha value is -2.43. The Balaban J connectivity index is 1.69. The largest absolute Gasteiger partial charge is 0.487 e. The van der Waals surface area contributed by atoms with Crippen LogP contribution in [0.2, 0.25) is 0 Å². The van der Waals surface area contributed by atoms with Crippen molar-refractivity contribution in [2.24, 2.45) is 5.92 Å². The highest BCUT2D eigenvalue weighted by Gasteiger charge is 2.41. The van der Waals surface area contributed by atoms with Crippen LogP contribution in [0.25, 0.3) is 10.9 Å². The van der Waals surface area contributed by atoms with Crippen molar-refractivity contribution >= 4 is 10.9 Å². The first-order valence-electron chi connectivity index (χ1n) is 10.4. The highest BCUT2D eigenvalue weighted by molar-refractivity contribution is 5.85. The molecule has 1 aliphatic rings. The van der Waals surface area contributed by atoms with Gasteiger partial charge in [0.1, 0.15) is 11.4 Å². The number of nitrogens with zero attached hydrogens (tertiary/aromatic N) is 1. The summed E-state index contributed by atoms with van der Waals surface area (Å²) < 4.78 is 6.43. The molecule has 0 spiro atoms. The van der Waals surface area contributed by atoms with Gasteiger partial charge in [-0.3, -0.25) is 4.98 Å². The molecule has 152 valence electrons. The van der Waals surface area contributed by atoms with Gasteiger partial charge in [0.25, 0.3) is 0 Å². The van der Waals surface area contributed by atoms with Crippen LogP contribution in [0.15, 0.2) is 48.5 Å². The highest BCUT2D eigenvalue weighted by atomic mass is 16.5. The van der Waals surface area contributed by atoms with Crippen molar-refractivity contribution in [3.63, 3.8) is 0 Å². The molecule has 0 bridgehead atoms. The molecule has 0 unspecified atom stereocenters. The zero-order chi connectivity index (χ0) is 20.6. The van der Waals surface area contributed by atoms with Crippen LogP contribution in [-0.2, 0) is 13.0 Å². The molecular formula is C25H30N2O2. The standard InChI is InChI=1S/C25H30N2O2/c1-16-12-19(15-28)27-22-13-21-23(14-20(16)22)29-25(3,4)17(2)24(21)26-11-10-18-8-6-5-7-9-18/h5-9,12-14,17,24,26,28H,10-11,15H2,1-4H3/t17-,24-/m1/s1. The van der Waals surface area contributed by atoms with E-state index >= 15 is 0 Å². The summed E-state index contributed by atoms with van der Waals surface area (Å²) in [4.78, 5) is 4.65. The average molecular weight is 391 g/mol. The fourth-order valence-corrected chi connectivity index (χ4v) is 4.27. The van der Waals surface area contributed by atoms with Gasteiger partial charge in [-0.15, -0.1) is 0 Å². The van der Waals surface area contributed by atoms with Crippen molar-refractivity contribution in [3.8, 4) is 5.75 Å². The van der Waals surface area contributed by atoms with E-state index in [9.17, 15) is 5.11 Å². The van der Waals surface area contributed by atoms with Gasteiger partial charge in [0.05, 0.1) is 17.8 Å². The number of nitrogens with one attached hydrogen (secondary N) is 1. The number of aryl methyl sites for hydroxylation is 1. The van der Waals surface area contributed by atoms with Crippen LogP contribution in [0.3, 0.4) is 0 Å². The van der Waals surface area contributed by atoms with Gasteiger partial charge in [0, 0.05) is 22.9 Å². The van der Waals surface area contributed by atoms with E-state index in [1.165, 1.54) is 5.56 Å². The normalized spacial score (nSPS) is 20.3. The Bertz CT molecular complexity index is 1010. The molecule has 2 atom stereocenters. The lowest BCUT2D eigenvalue weighted by molar-refractivity contribution is 0.0123. The zero-order valence-corrected chi connectivity index (χ0v) is 17.7. The molecule has 2 aromatic carbocycles. The molecule has 29 heavy (non-hydrogen) atoms. The van der Waals surface area contributed by atoms with Gasteiger partial charge in [-0.1, -0.05) is 37.3 Å². The Labute approximate surface area is 172 Å². The fraction of sp³-hybridized carbons (Fsp3) is 0.400. The minimum atomic E-state index is -0.266. The number of rotatable bonds is 5. The van der Waals surface area contributed by atoms with Crippen molar-refractivity contribution < 1.29 is 9.84 Å². The number of fused-ring (bicyclic) bond motifs is 2. The number of aliphatic hydroxyl groups excluding tert-OH is 1. The van der Waals surface area contributed by atoms with Crippen LogP contribution in [0.5, 0.6) is 5.75 Å². The van der Waals surface area contributed by atoms with Gasteiger partial charge in [0.2, 0.25) is 0 Å². The third kappa shape index (κ3) is 3.87. The molecule has 2 heterocycles. The lowest BCUT2D eigenvalue weighted by Gasteiger charge is -2.44. The smallest absolute Gasteiger partial charge is 0.125 e. The predicted molar refractivity (Wildman–Crippen MR) is 117 cm³/mol. The van der Waals surface area contributed by atoms with E-state index in [0.29, 0.717) is 11.6 Å². The third-order valence-corrected chi connectivity index (χ3v) is 6.29. The molecule has 4 nitrogen and oxygen atoms in total. The molecule has 1 aromatic heterocycles. The maximum atomic E-state index is 9.55. The van der Waals surface area contributed by atoms with Crippen molar-refractivity contribution in [3.05, 3.63) is 70.9 Å². The van der Waals surface area contributed by atoms with Crippen molar-refractivity contribution in [2.45, 2.75) is 52.4 Å². The molecule has 3 aromatic rings. The van der Waals surface area contributed by atoms with Crippen molar-refractivity contribution in [1.29, 1.82) is 0 Å².